The van der Waals surface area contributed by atoms with E-state index in [2.05, 4.69) is 18.5 Å². The number of hydrogen-bond donors (Lipinski definition) is 3. The van der Waals surface area contributed by atoms with E-state index in [1.807, 2.05) is 19.9 Å². The lowest BCUT2D eigenvalue weighted by molar-refractivity contribution is -0.144. The number of aliphatic hydroxyl groups excluding tert-OH is 1. The predicted molar refractivity (Wildman–Crippen MR) is 155 cm³/mol. The molecular formula is C31H39F2N3O7. The summed E-state index contributed by atoms with van der Waals surface area (Å²) >= 11 is 0. The van der Waals surface area contributed by atoms with Crippen molar-refractivity contribution < 1.29 is 38.0 Å². The molecule has 12 heteroatoms. The molecule has 5 atom stereocenters. The molecule has 1 aromatic heterocycles. The molecule has 234 valence electrons. The summed E-state index contributed by atoms with van der Waals surface area (Å²) in [4.78, 5) is 28.8. The van der Waals surface area contributed by atoms with Gasteiger partial charge in [-0.2, -0.15) is 13.8 Å². The highest BCUT2D eigenvalue weighted by molar-refractivity contribution is 5.67. The molecule has 4 N–H and O–H groups in total. The molecule has 0 saturated carbocycles. The van der Waals surface area contributed by atoms with Crippen LogP contribution in [-0.2, 0) is 15.9 Å². The van der Waals surface area contributed by atoms with Crippen LogP contribution < -0.4 is 16.2 Å². The van der Waals surface area contributed by atoms with Gasteiger partial charge in [-0.1, -0.05) is 43.6 Å². The number of carbonyl (C=O) groups excluding carboxylic acids is 1. The first-order valence-electron chi connectivity index (χ1n) is 14.4. The fraction of sp³-hybridized carbons (Fsp3) is 0.516. The van der Waals surface area contributed by atoms with Crippen LogP contribution in [0.2, 0.25) is 0 Å². The highest BCUT2D eigenvalue weighted by Gasteiger charge is 2.62. The quantitative estimate of drug-likeness (QED) is 0.141. The second-order valence-electron chi connectivity index (χ2n) is 11.3. The number of hydrogen-bond acceptors (Lipinski definition) is 9. The number of benzene rings is 1. The number of allylic oxidation sites excluding steroid dienone is 3. The largest absolute Gasteiger partial charge is 0.514 e. The van der Waals surface area contributed by atoms with Crippen molar-refractivity contribution in [3.63, 3.8) is 0 Å². The number of aliphatic hydroxyl groups is 1. The molecule has 2 aliphatic rings. The van der Waals surface area contributed by atoms with E-state index < -0.39 is 42.8 Å². The predicted octanol–water partition coefficient (Wildman–Crippen LogP) is 5.39. The monoisotopic (exact) mass is 603 g/mol. The van der Waals surface area contributed by atoms with Crippen molar-refractivity contribution in [2.24, 2.45) is 5.92 Å². The molecule has 1 saturated heterocycles. The Morgan fingerprint density at radius 1 is 1.33 bits per heavy atom. The lowest BCUT2D eigenvalue weighted by Gasteiger charge is -2.32. The first-order valence-corrected chi connectivity index (χ1v) is 14.4. The van der Waals surface area contributed by atoms with E-state index in [1.54, 1.807) is 12.1 Å². The van der Waals surface area contributed by atoms with Gasteiger partial charge in [-0.3, -0.25) is 4.57 Å². The Morgan fingerprint density at radius 3 is 2.72 bits per heavy atom. The van der Waals surface area contributed by atoms with Gasteiger partial charge in [0.1, 0.15) is 23.4 Å². The van der Waals surface area contributed by atoms with E-state index in [0.29, 0.717) is 22.1 Å². The molecule has 2 unspecified atom stereocenters. The number of anilines is 1. The van der Waals surface area contributed by atoms with Gasteiger partial charge in [-0.25, -0.2) is 9.59 Å². The number of alkyl halides is 2. The number of nitrogens with two attached hydrogens (primary N) is 1. The van der Waals surface area contributed by atoms with Gasteiger partial charge >= 0.3 is 17.8 Å². The third-order valence-electron chi connectivity index (χ3n) is 8.01. The molecule has 10 nitrogen and oxygen atoms in total. The summed E-state index contributed by atoms with van der Waals surface area (Å²) in [5.41, 5.74) is 7.37. The molecule has 43 heavy (non-hydrogen) atoms. The van der Waals surface area contributed by atoms with Crippen molar-refractivity contribution in [2.45, 2.75) is 89.6 Å². The number of phenols is 1. The van der Waals surface area contributed by atoms with E-state index >= 15 is 8.78 Å². The first kappa shape index (κ1) is 32.2. The lowest BCUT2D eigenvalue weighted by Crippen LogP contribution is -2.45. The van der Waals surface area contributed by atoms with Gasteiger partial charge in [0.2, 0.25) is 12.3 Å². The lowest BCUT2D eigenvalue weighted by atomic mass is 9.73. The third-order valence-corrected chi connectivity index (χ3v) is 8.01. The number of phenolic OH excluding ortho intramolecular Hbond substituents is 1. The Kier molecular flexibility index (Phi) is 9.91. The Bertz CT molecular complexity index is 1440. The van der Waals surface area contributed by atoms with Crippen molar-refractivity contribution in [1.82, 2.24) is 9.55 Å². The van der Waals surface area contributed by atoms with E-state index in [4.69, 9.17) is 19.9 Å². The van der Waals surface area contributed by atoms with Crippen LogP contribution in [0.5, 0.6) is 11.5 Å². The number of nitrogen functional groups attached to an aromatic ring is 1. The fourth-order valence-corrected chi connectivity index (χ4v) is 5.80. The average Bonchev–Trinajstić information content (AvgIpc) is 3.17. The zero-order chi connectivity index (χ0) is 31.5. The minimum Gasteiger partial charge on any atom is -0.507 e. The van der Waals surface area contributed by atoms with Gasteiger partial charge in [0.05, 0.1) is 6.61 Å². The minimum atomic E-state index is -3.96. The number of unbranched alkanes of at least 4 members (excludes halogenated alkanes) is 2. The zero-order valence-corrected chi connectivity index (χ0v) is 24.6. The van der Waals surface area contributed by atoms with Crippen LogP contribution in [-0.4, -0.2) is 50.7 Å². The van der Waals surface area contributed by atoms with Gasteiger partial charge in [0, 0.05) is 17.7 Å². The molecule has 1 fully saturated rings. The summed E-state index contributed by atoms with van der Waals surface area (Å²) < 4.78 is 47.6. The minimum absolute atomic E-state index is 0.0167. The highest BCUT2D eigenvalue weighted by Crippen LogP contribution is 2.48. The smallest absolute Gasteiger partial charge is 0.507 e. The van der Waals surface area contributed by atoms with Gasteiger partial charge in [-0.05, 0) is 69.2 Å². The number of aromatic hydroxyl groups is 1. The van der Waals surface area contributed by atoms with Gasteiger partial charge in [0.25, 0.3) is 0 Å². The van der Waals surface area contributed by atoms with Crippen LogP contribution in [0.1, 0.15) is 76.1 Å². The van der Waals surface area contributed by atoms with Crippen molar-refractivity contribution in [1.29, 1.82) is 0 Å². The average molecular weight is 604 g/mol. The molecule has 1 aliphatic carbocycles. The number of ether oxygens (including phenoxy) is 3. The highest BCUT2D eigenvalue weighted by atomic mass is 19.3. The zero-order valence-electron chi connectivity index (χ0n) is 24.6. The van der Waals surface area contributed by atoms with E-state index in [0.717, 1.165) is 55.5 Å². The van der Waals surface area contributed by atoms with Crippen LogP contribution in [0.15, 0.2) is 53.0 Å². The summed E-state index contributed by atoms with van der Waals surface area (Å²) in [6.45, 7) is 9.11. The molecule has 1 aliphatic heterocycles. The molecule has 0 spiro atoms. The second-order valence-corrected chi connectivity index (χ2v) is 11.3. The van der Waals surface area contributed by atoms with Crippen molar-refractivity contribution in [2.75, 3.05) is 12.3 Å². The van der Waals surface area contributed by atoms with Crippen LogP contribution >= 0.6 is 0 Å². The summed E-state index contributed by atoms with van der Waals surface area (Å²) in [5, 5.41) is 21.0. The first-order chi connectivity index (χ1) is 20.4. The van der Waals surface area contributed by atoms with Crippen LogP contribution in [0, 0.1) is 5.92 Å². The summed E-state index contributed by atoms with van der Waals surface area (Å²) in [5.74, 6) is -4.68. The standard InChI is InChI=1S/C31H39F2N3O7/c1-5-6-7-8-19-14-22(38)26(21-13-18(4)9-10-20(21)17(2)3)23(15-19)42-30(40)43-27-24(16-37)41-28(31(27,32)33)36-12-11-25(34)35-29(36)39/h11-15,20-21,24,27-28,37-38H,2,5-10,16H2,1,3-4H3,(H2,34,35,39)/t20?,21?,24-,27+,28-/m1/s1. The Balaban J connectivity index is 1.67. The maximum atomic E-state index is 15.6. The van der Waals surface area contributed by atoms with E-state index in [-0.39, 0.29) is 29.2 Å². The van der Waals surface area contributed by atoms with Crippen LogP contribution in [0.4, 0.5) is 19.4 Å². The van der Waals surface area contributed by atoms with Crippen molar-refractivity contribution in [3.05, 3.63) is 69.8 Å². The topological polar surface area (TPSA) is 146 Å². The Labute approximate surface area is 248 Å². The molecule has 1 aromatic carbocycles. The normalized spacial score (nSPS) is 24.8. The summed E-state index contributed by atoms with van der Waals surface area (Å²) in [6.07, 6.45) is 0.276. The summed E-state index contributed by atoms with van der Waals surface area (Å²) in [7, 11) is 0. The molecule has 0 amide bonds. The number of aromatic nitrogens is 2. The van der Waals surface area contributed by atoms with Crippen molar-refractivity contribution in [3.8, 4) is 11.5 Å². The number of aryl methyl sites for hydroxylation is 1. The molecule has 0 radical (unpaired) electrons. The number of rotatable bonds is 10. The number of carbonyl (C=O) groups is 1. The number of nitrogens with zero attached hydrogens (tertiary/aromatic N) is 2. The Morgan fingerprint density at radius 2 is 2.07 bits per heavy atom. The van der Waals surface area contributed by atoms with Gasteiger partial charge in [-0.15, -0.1) is 0 Å². The van der Waals surface area contributed by atoms with Crippen LogP contribution in [0.3, 0.4) is 0 Å². The Hall–Kier alpha value is -3.77. The molecular weight excluding hydrogens is 564 g/mol. The van der Waals surface area contributed by atoms with Gasteiger partial charge < -0.3 is 30.2 Å². The third kappa shape index (κ3) is 6.91. The maximum absolute atomic E-state index is 15.6. The fourth-order valence-electron chi connectivity index (χ4n) is 5.80. The van der Waals surface area contributed by atoms with Crippen LogP contribution in [0.25, 0.3) is 0 Å². The van der Waals surface area contributed by atoms with Gasteiger partial charge in [0.15, 0.2) is 0 Å². The van der Waals surface area contributed by atoms with E-state index in [1.165, 1.54) is 0 Å². The summed E-state index contributed by atoms with van der Waals surface area (Å²) in [6, 6.07) is 4.40. The molecule has 4 rings (SSSR count). The molecule has 0 bridgehead atoms. The second kappa shape index (κ2) is 13.3. The molecule has 2 heterocycles. The number of halogens is 2. The maximum Gasteiger partial charge on any atom is 0.514 e. The van der Waals surface area contributed by atoms with E-state index in [9.17, 15) is 19.8 Å². The van der Waals surface area contributed by atoms with Crippen molar-refractivity contribution >= 4 is 12.0 Å². The SMILES string of the molecule is C=C(C)C1CCC(C)=CC1c1c(O)cc(CCCCC)cc1OC(=O)O[C@H]1[C@@H](CO)O[C@@H](n2ccc(N)nc2=O)C1(F)F. The molecule has 2 aromatic rings.